The zero-order valence-corrected chi connectivity index (χ0v) is 12.5. The van der Waals surface area contributed by atoms with E-state index in [2.05, 4.69) is 38.1 Å². The number of piperidine rings is 1. The van der Waals surface area contributed by atoms with Crippen molar-refractivity contribution in [3.8, 4) is 0 Å². The minimum atomic E-state index is 0.437. The summed E-state index contributed by atoms with van der Waals surface area (Å²) in [7, 11) is 0. The summed E-state index contributed by atoms with van der Waals surface area (Å²) in [5, 5.41) is 2.51. The average molecular weight is 254 g/mol. The summed E-state index contributed by atoms with van der Waals surface area (Å²) in [4.78, 5) is 0. The Morgan fingerprint density at radius 3 is 2.39 bits per heavy atom. The van der Waals surface area contributed by atoms with Crippen molar-refractivity contribution in [3.63, 3.8) is 0 Å². The molecule has 2 aliphatic rings. The van der Waals surface area contributed by atoms with Crippen molar-refractivity contribution in [3.05, 3.63) is 0 Å². The van der Waals surface area contributed by atoms with Crippen LogP contribution in [-0.4, -0.2) is 35.8 Å². The second kappa shape index (κ2) is 6.36. The van der Waals surface area contributed by atoms with Crippen LogP contribution in [0.15, 0.2) is 0 Å². The molecule has 2 aliphatic heterocycles. The molecule has 0 amide bonds. The second-order valence-corrected chi connectivity index (χ2v) is 6.54. The maximum Gasteiger partial charge on any atom is 0.0613 e. The molecule has 106 valence electrons. The van der Waals surface area contributed by atoms with Gasteiger partial charge in [-0.05, 0) is 45.4 Å². The van der Waals surface area contributed by atoms with Crippen LogP contribution in [0.4, 0.5) is 0 Å². The summed E-state index contributed by atoms with van der Waals surface area (Å²) in [6, 6.07) is 1.96. The fourth-order valence-electron chi connectivity index (χ4n) is 3.30. The molecule has 3 nitrogen and oxygen atoms in total. The van der Waals surface area contributed by atoms with Crippen LogP contribution in [0.25, 0.3) is 0 Å². The molecule has 18 heavy (non-hydrogen) atoms. The van der Waals surface area contributed by atoms with Crippen LogP contribution in [-0.2, 0) is 4.74 Å². The predicted molar refractivity (Wildman–Crippen MR) is 75.3 cm³/mol. The number of hydrazine groups is 1. The Morgan fingerprint density at radius 2 is 1.78 bits per heavy atom. The van der Waals surface area contributed by atoms with E-state index >= 15 is 0 Å². The van der Waals surface area contributed by atoms with E-state index in [0.717, 1.165) is 19.4 Å². The van der Waals surface area contributed by atoms with Crippen molar-refractivity contribution >= 4 is 0 Å². The largest absolute Gasteiger partial charge is 0.378 e. The van der Waals surface area contributed by atoms with Crippen LogP contribution in [0, 0.1) is 5.92 Å². The Balaban J connectivity index is 1.87. The fraction of sp³-hybridized carbons (Fsp3) is 1.00. The molecule has 0 spiro atoms. The van der Waals surface area contributed by atoms with Crippen LogP contribution in [0.1, 0.15) is 59.8 Å². The van der Waals surface area contributed by atoms with Crippen molar-refractivity contribution in [1.29, 1.82) is 0 Å². The highest BCUT2D eigenvalue weighted by molar-refractivity contribution is 4.82. The van der Waals surface area contributed by atoms with Gasteiger partial charge < -0.3 is 4.74 Å². The van der Waals surface area contributed by atoms with E-state index in [0.29, 0.717) is 30.1 Å². The summed E-state index contributed by atoms with van der Waals surface area (Å²) in [6.07, 6.45) is 6.78. The Hall–Kier alpha value is -0.120. The predicted octanol–water partition coefficient (Wildman–Crippen LogP) is 2.96. The molecule has 1 N–H and O–H groups in total. The molecule has 3 heteroatoms. The first kappa shape index (κ1) is 14.3. The highest BCUT2D eigenvalue weighted by atomic mass is 16.5. The van der Waals surface area contributed by atoms with Gasteiger partial charge >= 0.3 is 0 Å². The lowest BCUT2D eigenvalue weighted by Crippen LogP contribution is -2.57. The van der Waals surface area contributed by atoms with Crippen LogP contribution >= 0.6 is 0 Å². The van der Waals surface area contributed by atoms with E-state index in [-0.39, 0.29) is 0 Å². The van der Waals surface area contributed by atoms with Crippen molar-refractivity contribution < 1.29 is 4.74 Å². The van der Waals surface area contributed by atoms with Gasteiger partial charge in [0, 0.05) is 24.7 Å². The van der Waals surface area contributed by atoms with Crippen LogP contribution in [0.3, 0.4) is 0 Å². The topological polar surface area (TPSA) is 24.5 Å². The molecule has 0 aliphatic carbocycles. The van der Waals surface area contributed by atoms with E-state index < -0.39 is 0 Å². The zero-order valence-electron chi connectivity index (χ0n) is 12.5. The number of nitrogens with zero attached hydrogens (tertiary/aromatic N) is 1. The number of rotatable bonds is 3. The molecule has 2 saturated heterocycles. The standard InChI is InChI=1S/C15H30N2O/c1-11(2)15-10-14(8-9-18-15)16-17-12(3)6-5-7-13(17)4/h11-16H,5-10H2,1-4H3. The Labute approximate surface area is 112 Å². The minimum Gasteiger partial charge on any atom is -0.378 e. The monoisotopic (exact) mass is 254 g/mol. The molecule has 2 fully saturated rings. The molecule has 0 aromatic rings. The third kappa shape index (κ3) is 3.46. The van der Waals surface area contributed by atoms with Crippen LogP contribution in [0.5, 0.6) is 0 Å². The highest BCUT2D eigenvalue weighted by Gasteiger charge is 2.30. The van der Waals surface area contributed by atoms with Gasteiger partial charge in [0.15, 0.2) is 0 Å². The van der Waals surface area contributed by atoms with E-state index in [1.165, 1.54) is 19.3 Å². The lowest BCUT2D eigenvalue weighted by molar-refractivity contribution is -0.0529. The summed E-state index contributed by atoms with van der Waals surface area (Å²) in [5.41, 5.74) is 3.80. The van der Waals surface area contributed by atoms with Crippen LogP contribution in [0.2, 0.25) is 0 Å². The Morgan fingerprint density at radius 1 is 1.11 bits per heavy atom. The summed E-state index contributed by atoms with van der Waals surface area (Å²) in [5.74, 6) is 0.630. The van der Waals surface area contributed by atoms with E-state index in [9.17, 15) is 0 Å². The van der Waals surface area contributed by atoms with E-state index in [1.54, 1.807) is 0 Å². The van der Waals surface area contributed by atoms with Gasteiger partial charge in [-0.15, -0.1) is 0 Å². The maximum atomic E-state index is 5.85. The van der Waals surface area contributed by atoms with Crippen molar-refractivity contribution in [2.45, 2.75) is 84.0 Å². The maximum absolute atomic E-state index is 5.85. The average Bonchev–Trinajstić information content (AvgIpc) is 2.34. The van der Waals surface area contributed by atoms with Gasteiger partial charge in [-0.2, -0.15) is 0 Å². The molecular weight excluding hydrogens is 224 g/mol. The summed E-state index contributed by atoms with van der Waals surface area (Å²) >= 11 is 0. The Bertz CT molecular complexity index is 247. The number of nitrogens with one attached hydrogen (secondary N) is 1. The van der Waals surface area contributed by atoms with Crippen molar-refractivity contribution in [2.24, 2.45) is 5.92 Å². The van der Waals surface area contributed by atoms with Crippen LogP contribution < -0.4 is 5.43 Å². The number of ether oxygens (including phenoxy) is 1. The third-order valence-electron chi connectivity index (χ3n) is 4.58. The second-order valence-electron chi connectivity index (χ2n) is 6.54. The van der Waals surface area contributed by atoms with Gasteiger partial charge in [0.05, 0.1) is 6.10 Å². The van der Waals surface area contributed by atoms with Crippen molar-refractivity contribution in [1.82, 2.24) is 10.4 Å². The SMILES string of the molecule is CC(C)C1CC(NN2C(C)CCCC2C)CCO1. The van der Waals surface area contributed by atoms with Crippen molar-refractivity contribution in [2.75, 3.05) is 6.61 Å². The van der Waals surface area contributed by atoms with Gasteiger partial charge in [0.1, 0.15) is 0 Å². The molecule has 0 aromatic heterocycles. The first-order valence-electron chi connectivity index (χ1n) is 7.74. The highest BCUT2D eigenvalue weighted by Crippen LogP contribution is 2.24. The Kier molecular flexibility index (Phi) is 5.05. The van der Waals surface area contributed by atoms with Gasteiger partial charge in [-0.1, -0.05) is 20.3 Å². The quantitative estimate of drug-likeness (QED) is 0.838. The minimum absolute atomic E-state index is 0.437. The number of hydrogen-bond donors (Lipinski definition) is 1. The summed E-state index contributed by atoms with van der Waals surface area (Å²) in [6.45, 7) is 10.1. The molecule has 0 bridgehead atoms. The van der Waals surface area contributed by atoms with Gasteiger partial charge in [-0.25, -0.2) is 5.01 Å². The first-order valence-corrected chi connectivity index (χ1v) is 7.74. The first-order chi connectivity index (χ1) is 8.58. The molecule has 0 saturated carbocycles. The summed E-state index contributed by atoms with van der Waals surface area (Å²) < 4.78 is 5.85. The third-order valence-corrected chi connectivity index (χ3v) is 4.58. The normalized spacial score (nSPS) is 39.2. The number of hydrogen-bond acceptors (Lipinski definition) is 3. The van der Waals surface area contributed by atoms with Gasteiger partial charge in [0.2, 0.25) is 0 Å². The fourth-order valence-corrected chi connectivity index (χ4v) is 3.30. The molecule has 4 unspecified atom stereocenters. The van der Waals surface area contributed by atoms with E-state index in [1.807, 2.05) is 0 Å². The molecule has 2 heterocycles. The lowest BCUT2D eigenvalue weighted by atomic mass is 9.95. The molecule has 4 atom stereocenters. The molecule has 0 radical (unpaired) electrons. The van der Waals surface area contributed by atoms with Gasteiger partial charge in [0.25, 0.3) is 0 Å². The molecule has 0 aromatic carbocycles. The van der Waals surface area contributed by atoms with E-state index in [4.69, 9.17) is 4.74 Å². The lowest BCUT2D eigenvalue weighted by Gasteiger charge is -2.43. The smallest absolute Gasteiger partial charge is 0.0613 e. The zero-order chi connectivity index (χ0) is 13.1. The van der Waals surface area contributed by atoms with Gasteiger partial charge in [-0.3, -0.25) is 5.43 Å². The molecular formula is C15H30N2O. The molecule has 2 rings (SSSR count).